The van der Waals surface area contributed by atoms with Gasteiger partial charge in [0.2, 0.25) is 0 Å². The van der Waals surface area contributed by atoms with Crippen molar-refractivity contribution in [1.82, 2.24) is 0 Å². The van der Waals surface area contributed by atoms with Gasteiger partial charge in [-0.05, 0) is 18.1 Å². The number of hydrogen-bond donors (Lipinski definition) is 0. The highest BCUT2D eigenvalue weighted by Crippen LogP contribution is 2.25. The van der Waals surface area contributed by atoms with Crippen LogP contribution in [0.2, 0.25) is 0 Å². The SMILES string of the molecule is C=C[C@@H](CCCC)c1ccc(F)cc1F. The van der Waals surface area contributed by atoms with Crippen LogP contribution in [0.15, 0.2) is 30.9 Å². The van der Waals surface area contributed by atoms with Crippen LogP contribution in [-0.4, -0.2) is 0 Å². The molecule has 0 nitrogen and oxygen atoms in total. The van der Waals surface area contributed by atoms with E-state index < -0.39 is 11.6 Å². The number of unbranched alkanes of at least 4 members (excludes halogenated alkanes) is 1. The van der Waals surface area contributed by atoms with Crippen LogP contribution in [0.5, 0.6) is 0 Å². The minimum atomic E-state index is -0.533. The molecule has 0 N–H and O–H groups in total. The zero-order valence-electron chi connectivity index (χ0n) is 8.97. The van der Waals surface area contributed by atoms with Gasteiger partial charge in [0.05, 0.1) is 0 Å². The van der Waals surface area contributed by atoms with Crippen LogP contribution in [0.1, 0.15) is 37.7 Å². The van der Waals surface area contributed by atoms with Crippen molar-refractivity contribution >= 4 is 0 Å². The van der Waals surface area contributed by atoms with Gasteiger partial charge in [0, 0.05) is 12.0 Å². The zero-order chi connectivity index (χ0) is 11.3. The van der Waals surface area contributed by atoms with Crippen LogP contribution in [0, 0.1) is 11.6 Å². The standard InChI is InChI=1S/C13H16F2/c1-3-5-6-10(4-2)12-8-7-11(14)9-13(12)15/h4,7-10H,2-3,5-6H2,1H3/t10-/m0/s1. The lowest BCUT2D eigenvalue weighted by Gasteiger charge is -2.13. The average molecular weight is 210 g/mol. The molecule has 1 aromatic carbocycles. The van der Waals surface area contributed by atoms with Gasteiger partial charge in [-0.15, -0.1) is 6.58 Å². The molecule has 0 aromatic heterocycles. The first-order chi connectivity index (χ1) is 7.19. The molecule has 0 unspecified atom stereocenters. The van der Waals surface area contributed by atoms with E-state index in [9.17, 15) is 8.78 Å². The van der Waals surface area contributed by atoms with E-state index in [1.54, 1.807) is 6.08 Å². The van der Waals surface area contributed by atoms with Gasteiger partial charge in [-0.1, -0.05) is 31.9 Å². The molecule has 0 radical (unpaired) electrons. The molecule has 0 bridgehead atoms. The van der Waals surface area contributed by atoms with Crippen LogP contribution in [0.3, 0.4) is 0 Å². The van der Waals surface area contributed by atoms with Gasteiger partial charge in [0.25, 0.3) is 0 Å². The Kier molecular flexibility index (Phi) is 4.47. The molecule has 0 spiro atoms. The summed E-state index contributed by atoms with van der Waals surface area (Å²) in [4.78, 5) is 0. The van der Waals surface area contributed by atoms with Gasteiger partial charge >= 0.3 is 0 Å². The molecule has 0 aliphatic rings. The molecule has 1 aromatic rings. The van der Waals surface area contributed by atoms with E-state index in [2.05, 4.69) is 13.5 Å². The molecule has 0 saturated heterocycles. The number of benzene rings is 1. The van der Waals surface area contributed by atoms with E-state index in [1.807, 2.05) is 0 Å². The van der Waals surface area contributed by atoms with Gasteiger partial charge in [-0.25, -0.2) is 8.78 Å². The van der Waals surface area contributed by atoms with Crippen molar-refractivity contribution in [2.75, 3.05) is 0 Å². The molecule has 1 atom stereocenters. The van der Waals surface area contributed by atoms with Gasteiger partial charge in [0.1, 0.15) is 11.6 Å². The first-order valence-corrected chi connectivity index (χ1v) is 5.26. The topological polar surface area (TPSA) is 0 Å². The van der Waals surface area contributed by atoms with Gasteiger partial charge < -0.3 is 0 Å². The van der Waals surface area contributed by atoms with Crippen molar-refractivity contribution in [2.45, 2.75) is 32.1 Å². The second kappa shape index (κ2) is 5.64. The van der Waals surface area contributed by atoms with Crippen LogP contribution in [0.25, 0.3) is 0 Å². The molecule has 0 aliphatic carbocycles. The molecular weight excluding hydrogens is 194 g/mol. The van der Waals surface area contributed by atoms with E-state index in [-0.39, 0.29) is 5.92 Å². The Hall–Kier alpha value is -1.18. The average Bonchev–Trinajstić information content (AvgIpc) is 2.21. The smallest absolute Gasteiger partial charge is 0.129 e. The summed E-state index contributed by atoms with van der Waals surface area (Å²) in [6, 6.07) is 3.73. The summed E-state index contributed by atoms with van der Waals surface area (Å²) in [5.41, 5.74) is 0.542. The first kappa shape index (κ1) is 11.9. The number of allylic oxidation sites excluding steroid dienone is 1. The summed E-state index contributed by atoms with van der Waals surface area (Å²) in [7, 11) is 0. The maximum absolute atomic E-state index is 13.4. The molecular formula is C13H16F2. The molecule has 2 heteroatoms. The predicted molar refractivity (Wildman–Crippen MR) is 58.8 cm³/mol. The summed E-state index contributed by atoms with van der Waals surface area (Å²) in [5.74, 6) is -1.02. The van der Waals surface area contributed by atoms with Gasteiger partial charge in [-0.3, -0.25) is 0 Å². The Labute approximate surface area is 89.6 Å². The van der Waals surface area contributed by atoms with Gasteiger partial charge in [0.15, 0.2) is 0 Å². The Bertz CT molecular complexity index is 331. The summed E-state index contributed by atoms with van der Waals surface area (Å²) < 4.78 is 26.1. The highest BCUT2D eigenvalue weighted by atomic mass is 19.1. The fourth-order valence-corrected chi connectivity index (χ4v) is 1.63. The van der Waals surface area contributed by atoms with E-state index in [0.29, 0.717) is 5.56 Å². The highest BCUT2D eigenvalue weighted by molar-refractivity contribution is 5.25. The molecule has 0 fully saturated rings. The Balaban J connectivity index is 2.86. The lowest BCUT2D eigenvalue weighted by atomic mass is 9.93. The fourth-order valence-electron chi connectivity index (χ4n) is 1.63. The number of rotatable bonds is 5. The van der Waals surface area contributed by atoms with E-state index in [4.69, 9.17) is 0 Å². The molecule has 0 saturated carbocycles. The zero-order valence-corrected chi connectivity index (χ0v) is 8.97. The van der Waals surface area contributed by atoms with Crippen LogP contribution in [-0.2, 0) is 0 Å². The molecule has 15 heavy (non-hydrogen) atoms. The van der Waals surface area contributed by atoms with Crippen molar-refractivity contribution in [2.24, 2.45) is 0 Å². The van der Waals surface area contributed by atoms with E-state index in [1.165, 1.54) is 12.1 Å². The second-order valence-corrected chi connectivity index (χ2v) is 3.65. The number of hydrogen-bond acceptors (Lipinski definition) is 0. The summed E-state index contributed by atoms with van der Waals surface area (Å²) >= 11 is 0. The first-order valence-electron chi connectivity index (χ1n) is 5.26. The van der Waals surface area contributed by atoms with Crippen LogP contribution < -0.4 is 0 Å². The van der Waals surface area contributed by atoms with Crippen molar-refractivity contribution in [3.05, 3.63) is 48.1 Å². The predicted octanol–water partition coefficient (Wildman–Crippen LogP) is 4.42. The van der Waals surface area contributed by atoms with Crippen molar-refractivity contribution in [1.29, 1.82) is 0 Å². The minimum Gasteiger partial charge on any atom is -0.207 e. The summed E-state index contributed by atoms with van der Waals surface area (Å²) in [6.45, 7) is 5.78. The van der Waals surface area contributed by atoms with Gasteiger partial charge in [-0.2, -0.15) is 0 Å². The third kappa shape index (κ3) is 3.15. The van der Waals surface area contributed by atoms with Crippen molar-refractivity contribution in [3.63, 3.8) is 0 Å². The molecule has 0 aliphatic heterocycles. The van der Waals surface area contributed by atoms with E-state index >= 15 is 0 Å². The molecule has 0 heterocycles. The lowest BCUT2D eigenvalue weighted by Crippen LogP contribution is -1.99. The monoisotopic (exact) mass is 210 g/mol. The molecule has 82 valence electrons. The largest absolute Gasteiger partial charge is 0.207 e. The Morgan fingerprint density at radius 1 is 1.40 bits per heavy atom. The second-order valence-electron chi connectivity index (χ2n) is 3.65. The third-order valence-electron chi connectivity index (χ3n) is 2.52. The lowest BCUT2D eigenvalue weighted by molar-refractivity contribution is 0.555. The Morgan fingerprint density at radius 2 is 2.13 bits per heavy atom. The maximum Gasteiger partial charge on any atom is 0.129 e. The van der Waals surface area contributed by atoms with Crippen molar-refractivity contribution in [3.8, 4) is 0 Å². The maximum atomic E-state index is 13.4. The molecule has 0 amide bonds. The molecule has 1 rings (SSSR count). The third-order valence-corrected chi connectivity index (χ3v) is 2.52. The normalized spacial score (nSPS) is 12.5. The fraction of sp³-hybridized carbons (Fsp3) is 0.385. The highest BCUT2D eigenvalue weighted by Gasteiger charge is 2.12. The number of halogens is 2. The Morgan fingerprint density at radius 3 is 2.67 bits per heavy atom. The quantitative estimate of drug-likeness (QED) is 0.631. The van der Waals surface area contributed by atoms with E-state index in [0.717, 1.165) is 25.3 Å². The summed E-state index contributed by atoms with van der Waals surface area (Å²) in [5, 5.41) is 0. The minimum absolute atomic E-state index is 0.00875. The van der Waals surface area contributed by atoms with Crippen LogP contribution >= 0.6 is 0 Å². The van der Waals surface area contributed by atoms with Crippen molar-refractivity contribution < 1.29 is 8.78 Å². The summed E-state index contributed by atoms with van der Waals surface area (Å²) in [6.07, 6.45) is 4.68. The van der Waals surface area contributed by atoms with Crippen LogP contribution in [0.4, 0.5) is 8.78 Å².